The van der Waals surface area contributed by atoms with Crippen LogP contribution in [0.1, 0.15) is 37.9 Å². The summed E-state index contributed by atoms with van der Waals surface area (Å²) < 4.78 is 0. The molecule has 0 radical (unpaired) electrons. The van der Waals surface area contributed by atoms with E-state index in [1.165, 1.54) is 0 Å². The molecule has 4 heterocycles. The number of aromatic nitrogens is 2. The Bertz CT molecular complexity index is 908. The molecule has 7 nitrogen and oxygen atoms in total. The van der Waals surface area contributed by atoms with Crippen LogP contribution in [-0.4, -0.2) is 52.5 Å². The van der Waals surface area contributed by atoms with Crippen LogP contribution in [0.25, 0.3) is 0 Å². The largest absolute Gasteiger partial charge is 0.396 e. The molecular weight excluding hydrogens is 376 g/mol. The number of carbonyl (C=O) groups is 1. The van der Waals surface area contributed by atoms with Crippen molar-refractivity contribution in [1.29, 1.82) is 0 Å². The Hall–Kier alpha value is -2.54. The molecule has 4 rings (SSSR count). The molecule has 1 fully saturated rings. The molecule has 0 aliphatic carbocycles. The average molecular weight is 401 g/mol. The van der Waals surface area contributed by atoms with Gasteiger partial charge in [-0.05, 0) is 32.0 Å². The van der Waals surface area contributed by atoms with Gasteiger partial charge in [-0.25, -0.2) is 9.97 Å². The summed E-state index contributed by atoms with van der Waals surface area (Å²) in [7, 11) is 0. The second-order valence-electron chi connectivity index (χ2n) is 7.70. The van der Waals surface area contributed by atoms with Gasteiger partial charge >= 0.3 is 0 Å². The van der Waals surface area contributed by atoms with Crippen LogP contribution in [0.15, 0.2) is 24.4 Å². The van der Waals surface area contributed by atoms with Crippen molar-refractivity contribution >= 4 is 34.8 Å². The molecule has 3 N–H and O–H groups in total. The number of nitrogens with two attached hydrogens (primary N) is 1. The van der Waals surface area contributed by atoms with Gasteiger partial charge in [-0.2, -0.15) is 0 Å². The highest BCUT2D eigenvalue weighted by Gasteiger charge is 2.33. The fraction of sp³-hybridized carbons (Fsp3) is 0.450. The van der Waals surface area contributed by atoms with Gasteiger partial charge < -0.3 is 20.9 Å². The molecule has 0 aromatic carbocycles. The molecule has 8 heteroatoms. The lowest BCUT2D eigenvalue weighted by Crippen LogP contribution is -2.58. The third-order valence-corrected chi connectivity index (χ3v) is 5.81. The maximum absolute atomic E-state index is 11.9. The Morgan fingerprint density at radius 1 is 1.29 bits per heavy atom. The van der Waals surface area contributed by atoms with Crippen molar-refractivity contribution in [3.63, 3.8) is 0 Å². The third kappa shape index (κ3) is 3.24. The number of nitrogens with zero attached hydrogens (tertiary/aromatic N) is 4. The standard InChI is InChI=1S/C20H25ClN6O/c1-11-9-26(10-12(2)27(11)13(3)28)20-17(22)4-5-18(25-20)16-8-24-19-15(16)6-14(21)7-23-19/h4-7,11-12,16H,8-10,22H2,1-3H3,(H,23,24)/t11-,12+,16?. The van der Waals surface area contributed by atoms with Gasteiger partial charge in [0.05, 0.1) is 16.4 Å². The summed E-state index contributed by atoms with van der Waals surface area (Å²) in [6.07, 6.45) is 1.65. The van der Waals surface area contributed by atoms with Gasteiger partial charge in [0.25, 0.3) is 0 Å². The smallest absolute Gasteiger partial charge is 0.220 e. The summed E-state index contributed by atoms with van der Waals surface area (Å²) >= 11 is 6.15. The molecule has 0 spiro atoms. The number of carbonyl (C=O) groups excluding carboxylic acids is 1. The van der Waals surface area contributed by atoms with Crippen molar-refractivity contribution in [3.05, 3.63) is 40.7 Å². The summed E-state index contributed by atoms with van der Waals surface area (Å²) in [6, 6.07) is 6.04. The predicted molar refractivity (Wildman–Crippen MR) is 112 cm³/mol. The number of hydrogen-bond acceptors (Lipinski definition) is 6. The van der Waals surface area contributed by atoms with E-state index in [1.807, 2.05) is 23.1 Å². The van der Waals surface area contributed by atoms with Crippen LogP contribution in [-0.2, 0) is 4.79 Å². The first-order valence-corrected chi connectivity index (χ1v) is 9.92. The Morgan fingerprint density at radius 3 is 2.68 bits per heavy atom. The molecule has 1 amide bonds. The highest BCUT2D eigenvalue weighted by atomic mass is 35.5. The molecule has 0 bridgehead atoms. The summed E-state index contributed by atoms with van der Waals surface area (Å²) in [5.74, 6) is 1.82. The van der Waals surface area contributed by atoms with Crippen LogP contribution in [0.4, 0.5) is 17.3 Å². The number of amides is 1. The van der Waals surface area contributed by atoms with Crippen LogP contribution < -0.4 is 16.0 Å². The van der Waals surface area contributed by atoms with E-state index in [0.717, 1.165) is 29.4 Å². The van der Waals surface area contributed by atoms with Gasteiger partial charge in [-0.15, -0.1) is 0 Å². The van der Waals surface area contributed by atoms with E-state index >= 15 is 0 Å². The number of hydrogen-bond donors (Lipinski definition) is 2. The molecule has 2 aromatic heterocycles. The maximum Gasteiger partial charge on any atom is 0.220 e. The van der Waals surface area contributed by atoms with Gasteiger partial charge in [0.15, 0.2) is 5.82 Å². The minimum Gasteiger partial charge on any atom is -0.396 e. The highest BCUT2D eigenvalue weighted by molar-refractivity contribution is 6.30. The first-order chi connectivity index (χ1) is 13.3. The number of piperazine rings is 1. The van der Waals surface area contributed by atoms with Crippen molar-refractivity contribution in [2.75, 3.05) is 35.6 Å². The fourth-order valence-electron chi connectivity index (χ4n) is 4.48. The zero-order valence-corrected chi connectivity index (χ0v) is 17.1. The predicted octanol–water partition coefficient (Wildman–Crippen LogP) is 2.72. The second-order valence-corrected chi connectivity index (χ2v) is 8.14. The molecule has 1 unspecified atom stereocenters. The van der Waals surface area contributed by atoms with Crippen LogP contribution >= 0.6 is 11.6 Å². The van der Waals surface area contributed by atoms with E-state index in [1.54, 1.807) is 13.1 Å². The van der Waals surface area contributed by atoms with Gasteiger partial charge in [0.2, 0.25) is 5.91 Å². The van der Waals surface area contributed by atoms with Crippen LogP contribution in [0.2, 0.25) is 5.02 Å². The number of anilines is 3. The Labute approximate surface area is 169 Å². The zero-order valence-electron chi connectivity index (χ0n) is 16.3. The molecule has 148 valence electrons. The highest BCUT2D eigenvalue weighted by Crippen LogP contribution is 2.37. The van der Waals surface area contributed by atoms with Gasteiger partial charge in [0, 0.05) is 56.3 Å². The molecule has 1 saturated heterocycles. The van der Waals surface area contributed by atoms with Gasteiger partial charge in [-0.1, -0.05) is 11.6 Å². The van der Waals surface area contributed by atoms with Crippen molar-refractivity contribution in [2.24, 2.45) is 0 Å². The monoisotopic (exact) mass is 400 g/mol. The Morgan fingerprint density at radius 2 is 2.00 bits per heavy atom. The molecule has 3 atom stereocenters. The SMILES string of the molecule is CC(=O)N1[C@H](C)CN(c2nc(C3CNc4ncc(Cl)cc43)ccc2N)C[C@@H]1C. The minimum atomic E-state index is 0.0777. The normalized spacial score (nSPS) is 24.1. The van der Waals surface area contributed by atoms with E-state index in [0.29, 0.717) is 23.8 Å². The van der Waals surface area contributed by atoms with Gasteiger partial charge in [-0.3, -0.25) is 4.79 Å². The molecule has 0 saturated carbocycles. The number of pyridine rings is 2. The molecular formula is C20H25ClN6O. The number of rotatable bonds is 2. The van der Waals surface area contributed by atoms with Crippen molar-refractivity contribution in [3.8, 4) is 0 Å². The van der Waals surface area contributed by atoms with E-state index in [4.69, 9.17) is 22.3 Å². The maximum atomic E-state index is 11.9. The lowest BCUT2D eigenvalue weighted by Gasteiger charge is -2.44. The van der Waals surface area contributed by atoms with Crippen molar-refractivity contribution in [1.82, 2.24) is 14.9 Å². The number of fused-ring (bicyclic) bond motifs is 1. The van der Waals surface area contributed by atoms with Crippen molar-refractivity contribution in [2.45, 2.75) is 38.8 Å². The lowest BCUT2D eigenvalue weighted by atomic mass is 9.98. The summed E-state index contributed by atoms with van der Waals surface area (Å²) in [4.78, 5) is 25.4. The number of nitrogen functional groups attached to an aromatic ring is 1. The molecule has 2 aliphatic heterocycles. The molecule has 2 aliphatic rings. The second kappa shape index (κ2) is 7.13. The lowest BCUT2D eigenvalue weighted by molar-refractivity contribution is -0.133. The number of halogens is 1. The van der Waals surface area contributed by atoms with Crippen molar-refractivity contribution < 1.29 is 4.79 Å². The first kappa shape index (κ1) is 18.8. The molecule has 28 heavy (non-hydrogen) atoms. The summed E-state index contributed by atoms with van der Waals surface area (Å²) in [5.41, 5.74) is 8.93. The van der Waals surface area contributed by atoms with Crippen LogP contribution in [0.3, 0.4) is 0 Å². The molecule has 2 aromatic rings. The Kier molecular flexibility index (Phi) is 4.79. The van der Waals surface area contributed by atoms with E-state index in [9.17, 15) is 4.79 Å². The quantitative estimate of drug-likeness (QED) is 0.805. The number of nitrogens with one attached hydrogen (secondary N) is 1. The first-order valence-electron chi connectivity index (χ1n) is 9.54. The Balaban J connectivity index is 1.65. The van der Waals surface area contributed by atoms with Crippen LogP contribution in [0.5, 0.6) is 0 Å². The minimum absolute atomic E-state index is 0.0777. The summed E-state index contributed by atoms with van der Waals surface area (Å²) in [6.45, 7) is 7.89. The van der Waals surface area contributed by atoms with Crippen LogP contribution in [0, 0.1) is 0 Å². The van der Waals surface area contributed by atoms with E-state index < -0.39 is 0 Å². The van der Waals surface area contributed by atoms with Gasteiger partial charge in [0.1, 0.15) is 5.82 Å². The topological polar surface area (TPSA) is 87.4 Å². The fourth-order valence-corrected chi connectivity index (χ4v) is 4.64. The van der Waals surface area contributed by atoms with E-state index in [-0.39, 0.29) is 23.9 Å². The summed E-state index contributed by atoms with van der Waals surface area (Å²) in [5, 5.41) is 3.94. The average Bonchev–Trinajstić information content (AvgIpc) is 3.04. The zero-order chi connectivity index (χ0) is 20.0. The third-order valence-electron chi connectivity index (χ3n) is 5.60. The van der Waals surface area contributed by atoms with E-state index in [2.05, 4.69) is 29.0 Å².